The number of hydrogen-bond acceptors (Lipinski definition) is 4. The molecule has 0 saturated carbocycles. The van der Waals surface area contributed by atoms with Crippen LogP contribution in [0.15, 0.2) is 0 Å². The summed E-state index contributed by atoms with van der Waals surface area (Å²) in [6.07, 6.45) is 2.96. The summed E-state index contributed by atoms with van der Waals surface area (Å²) >= 11 is 0. The van der Waals surface area contributed by atoms with Gasteiger partial charge < -0.3 is 10.0 Å². The second-order valence-electron chi connectivity index (χ2n) is 4.85. The molecule has 1 atom stereocenters. The minimum Gasteiger partial charge on any atom is -0.481 e. The van der Waals surface area contributed by atoms with Crippen molar-refractivity contribution in [1.82, 2.24) is 4.90 Å². The average Bonchev–Trinajstić information content (AvgIpc) is 2.36. The van der Waals surface area contributed by atoms with E-state index in [1.807, 2.05) is 0 Å². The molecule has 6 nitrogen and oxygen atoms in total. The second-order valence-corrected chi connectivity index (χ2v) is 7.20. The Labute approximate surface area is 113 Å². The van der Waals surface area contributed by atoms with Crippen LogP contribution in [0.3, 0.4) is 0 Å². The third-order valence-corrected chi connectivity index (χ3v) is 4.99. The molecule has 0 spiro atoms. The molecule has 19 heavy (non-hydrogen) atoms. The smallest absolute Gasteiger partial charge is 0.303 e. The van der Waals surface area contributed by atoms with Crippen molar-refractivity contribution in [3.8, 4) is 0 Å². The van der Waals surface area contributed by atoms with Gasteiger partial charge in [-0.3, -0.25) is 9.59 Å². The molecule has 7 heteroatoms. The van der Waals surface area contributed by atoms with E-state index in [4.69, 9.17) is 5.11 Å². The highest BCUT2D eigenvalue weighted by molar-refractivity contribution is 7.92. The topological polar surface area (TPSA) is 91.8 Å². The first-order valence-electron chi connectivity index (χ1n) is 6.57. The molecule has 1 fully saturated rings. The maximum atomic E-state index is 12.0. The van der Waals surface area contributed by atoms with Crippen molar-refractivity contribution in [1.29, 1.82) is 0 Å². The van der Waals surface area contributed by atoms with Gasteiger partial charge in [0, 0.05) is 24.8 Å². The summed E-state index contributed by atoms with van der Waals surface area (Å²) in [7, 11) is -3.33. The van der Waals surface area contributed by atoms with E-state index in [0.717, 1.165) is 19.3 Å². The Balaban J connectivity index is 2.65. The maximum absolute atomic E-state index is 12.0. The van der Waals surface area contributed by atoms with Crippen LogP contribution in [0.5, 0.6) is 0 Å². The molecule has 1 unspecified atom stereocenters. The fraction of sp³-hybridized carbons (Fsp3) is 0.833. The molecular formula is C12H21NO5S. The predicted octanol–water partition coefficient (Wildman–Crippen LogP) is 0.667. The summed E-state index contributed by atoms with van der Waals surface area (Å²) in [5.74, 6) is -1.80. The fourth-order valence-electron chi connectivity index (χ4n) is 2.29. The number of sulfone groups is 1. The third kappa shape index (κ3) is 5.18. The lowest BCUT2D eigenvalue weighted by Crippen LogP contribution is -2.46. The highest BCUT2D eigenvalue weighted by Crippen LogP contribution is 2.21. The van der Waals surface area contributed by atoms with Crippen molar-refractivity contribution in [2.24, 2.45) is 0 Å². The van der Waals surface area contributed by atoms with E-state index in [0.29, 0.717) is 13.0 Å². The summed E-state index contributed by atoms with van der Waals surface area (Å²) in [6.45, 7) is 2.04. The van der Waals surface area contributed by atoms with Crippen molar-refractivity contribution >= 4 is 21.7 Å². The Morgan fingerprint density at radius 2 is 2.00 bits per heavy atom. The lowest BCUT2D eigenvalue weighted by molar-refractivity contribution is -0.139. The van der Waals surface area contributed by atoms with Crippen molar-refractivity contribution in [3.63, 3.8) is 0 Å². The number of carbonyl (C=O) groups excluding carboxylic acids is 1. The zero-order valence-electron chi connectivity index (χ0n) is 11.2. The molecule has 0 bridgehead atoms. The van der Waals surface area contributed by atoms with E-state index in [9.17, 15) is 18.0 Å². The molecule has 1 aliphatic rings. The molecule has 0 aromatic carbocycles. The lowest BCUT2D eigenvalue weighted by Gasteiger charge is -2.35. The summed E-state index contributed by atoms with van der Waals surface area (Å²) in [6, 6.07) is -0.135. The fourth-order valence-corrected chi connectivity index (χ4v) is 3.04. The molecule has 110 valence electrons. The number of carboxylic acid groups (broad SMARTS) is 1. The van der Waals surface area contributed by atoms with Crippen molar-refractivity contribution in [2.75, 3.05) is 18.1 Å². The van der Waals surface area contributed by atoms with Crippen molar-refractivity contribution in [2.45, 2.75) is 45.1 Å². The second kappa shape index (κ2) is 6.88. The number of amides is 1. The monoisotopic (exact) mass is 291 g/mol. The van der Waals surface area contributed by atoms with Gasteiger partial charge in [0.15, 0.2) is 9.84 Å². The molecule has 1 rings (SSSR count). The summed E-state index contributed by atoms with van der Waals surface area (Å²) in [4.78, 5) is 24.2. The molecule has 1 amide bonds. The molecule has 0 aromatic heterocycles. The normalized spacial score (nSPS) is 20.3. The first-order chi connectivity index (χ1) is 8.85. The number of hydrogen-bond donors (Lipinski definition) is 1. The molecule has 1 heterocycles. The van der Waals surface area contributed by atoms with E-state index >= 15 is 0 Å². The minimum atomic E-state index is -3.33. The minimum absolute atomic E-state index is 0.00890. The van der Waals surface area contributed by atoms with Crippen LogP contribution in [0.25, 0.3) is 0 Å². The SMILES string of the molecule is CCS(=O)(=O)CC(=O)N1CCCCC1CCC(=O)O. The highest BCUT2D eigenvalue weighted by Gasteiger charge is 2.29. The number of carbonyl (C=O) groups is 2. The van der Waals surface area contributed by atoms with Gasteiger partial charge >= 0.3 is 5.97 Å². The van der Waals surface area contributed by atoms with Crippen molar-refractivity contribution in [3.05, 3.63) is 0 Å². The molecule has 0 radical (unpaired) electrons. The van der Waals surface area contributed by atoms with Crippen LogP contribution in [0, 0.1) is 0 Å². The molecule has 0 aliphatic carbocycles. The number of rotatable bonds is 6. The van der Waals surface area contributed by atoms with Gasteiger partial charge in [0.2, 0.25) is 5.91 Å². The van der Waals surface area contributed by atoms with Gasteiger partial charge in [-0.15, -0.1) is 0 Å². The standard InChI is InChI=1S/C12H21NO5S/c1-2-19(17,18)9-11(14)13-8-4-3-5-10(13)6-7-12(15)16/h10H,2-9H2,1H3,(H,15,16). The van der Waals surface area contributed by atoms with Crippen LogP contribution in [-0.4, -0.2) is 54.4 Å². The van der Waals surface area contributed by atoms with Crippen LogP contribution in [0.4, 0.5) is 0 Å². The van der Waals surface area contributed by atoms with Gasteiger partial charge in [0.05, 0.1) is 0 Å². The van der Waals surface area contributed by atoms with Crippen LogP contribution in [-0.2, 0) is 19.4 Å². The summed E-state index contributed by atoms with van der Waals surface area (Å²) < 4.78 is 23.0. The van der Waals surface area contributed by atoms with Crippen LogP contribution in [0.2, 0.25) is 0 Å². The van der Waals surface area contributed by atoms with Crippen LogP contribution in [0.1, 0.15) is 39.0 Å². The number of piperidine rings is 1. The zero-order chi connectivity index (χ0) is 14.5. The summed E-state index contributed by atoms with van der Waals surface area (Å²) in [5.41, 5.74) is 0. The third-order valence-electron chi connectivity index (χ3n) is 3.42. The van der Waals surface area contributed by atoms with E-state index in [-0.39, 0.29) is 18.2 Å². The van der Waals surface area contributed by atoms with E-state index in [2.05, 4.69) is 0 Å². The maximum Gasteiger partial charge on any atom is 0.303 e. The Hall–Kier alpha value is -1.11. The first-order valence-corrected chi connectivity index (χ1v) is 8.39. The largest absolute Gasteiger partial charge is 0.481 e. The van der Waals surface area contributed by atoms with Gasteiger partial charge in [0.25, 0.3) is 0 Å². The number of likely N-dealkylation sites (tertiary alicyclic amines) is 1. The van der Waals surface area contributed by atoms with Gasteiger partial charge in [-0.05, 0) is 25.7 Å². The van der Waals surface area contributed by atoms with E-state index in [1.54, 1.807) is 4.90 Å². The van der Waals surface area contributed by atoms with E-state index < -0.39 is 27.5 Å². The van der Waals surface area contributed by atoms with Gasteiger partial charge in [0.1, 0.15) is 5.75 Å². The predicted molar refractivity (Wildman–Crippen MR) is 70.5 cm³/mol. The van der Waals surface area contributed by atoms with E-state index in [1.165, 1.54) is 6.92 Å². The lowest BCUT2D eigenvalue weighted by atomic mass is 9.98. The molecular weight excluding hydrogens is 270 g/mol. The summed E-state index contributed by atoms with van der Waals surface area (Å²) in [5, 5.41) is 8.69. The van der Waals surface area contributed by atoms with Gasteiger partial charge in [-0.1, -0.05) is 6.92 Å². The quantitative estimate of drug-likeness (QED) is 0.776. The molecule has 1 saturated heterocycles. The Morgan fingerprint density at radius 1 is 1.32 bits per heavy atom. The highest BCUT2D eigenvalue weighted by atomic mass is 32.2. The Kier molecular flexibility index (Phi) is 5.78. The number of nitrogens with zero attached hydrogens (tertiary/aromatic N) is 1. The van der Waals surface area contributed by atoms with Crippen LogP contribution >= 0.6 is 0 Å². The molecule has 0 aromatic rings. The Morgan fingerprint density at radius 3 is 2.58 bits per heavy atom. The van der Waals surface area contributed by atoms with Gasteiger partial charge in [-0.25, -0.2) is 8.42 Å². The molecule has 1 aliphatic heterocycles. The van der Waals surface area contributed by atoms with Gasteiger partial charge in [-0.2, -0.15) is 0 Å². The number of aliphatic carboxylic acids is 1. The molecule has 1 N–H and O–H groups in total. The first kappa shape index (κ1) is 15.9. The Bertz CT molecular complexity index is 431. The van der Waals surface area contributed by atoms with Crippen LogP contribution < -0.4 is 0 Å². The average molecular weight is 291 g/mol. The van der Waals surface area contributed by atoms with Crippen molar-refractivity contribution < 1.29 is 23.1 Å². The number of carboxylic acids is 1. The zero-order valence-corrected chi connectivity index (χ0v) is 12.0.